The molecule has 4 aliphatic rings. The highest BCUT2D eigenvalue weighted by molar-refractivity contribution is 5.97. The third-order valence-electron chi connectivity index (χ3n) is 8.24. The normalized spacial score (nSPS) is 30.5. The maximum Gasteiger partial charge on any atom is 0.254 e. The van der Waals surface area contributed by atoms with E-state index in [-0.39, 0.29) is 11.9 Å². The molecule has 2 aromatic rings. The molecule has 1 aromatic heterocycles. The number of likely N-dealkylation sites (tertiary alicyclic amines) is 1. The van der Waals surface area contributed by atoms with Gasteiger partial charge >= 0.3 is 0 Å². The van der Waals surface area contributed by atoms with E-state index in [1.165, 1.54) is 37.8 Å². The number of amides is 1. The Morgan fingerprint density at radius 2 is 1.87 bits per heavy atom. The van der Waals surface area contributed by atoms with Crippen LogP contribution in [-0.4, -0.2) is 57.4 Å². The van der Waals surface area contributed by atoms with Crippen LogP contribution < -0.4 is 0 Å². The van der Waals surface area contributed by atoms with E-state index in [9.17, 15) is 4.79 Å². The number of fused-ring (bicyclic) bond motifs is 7. The van der Waals surface area contributed by atoms with E-state index in [4.69, 9.17) is 0 Å². The molecule has 31 heavy (non-hydrogen) atoms. The lowest BCUT2D eigenvalue weighted by Gasteiger charge is -2.54. The van der Waals surface area contributed by atoms with Crippen molar-refractivity contribution in [1.82, 2.24) is 19.8 Å². The first kappa shape index (κ1) is 19.4. The molecule has 162 valence electrons. The molecule has 1 aliphatic carbocycles. The first-order chi connectivity index (χ1) is 15.1. The van der Waals surface area contributed by atoms with Crippen LogP contribution in [0.4, 0.5) is 0 Å². The van der Waals surface area contributed by atoms with E-state index in [1.54, 1.807) is 0 Å². The second kappa shape index (κ2) is 7.40. The summed E-state index contributed by atoms with van der Waals surface area (Å²) < 4.78 is 0. The number of carbonyl (C=O) groups is 1. The summed E-state index contributed by atoms with van der Waals surface area (Å²) in [5.74, 6) is 1.44. The maximum absolute atomic E-state index is 13.7. The van der Waals surface area contributed by atoms with Crippen molar-refractivity contribution in [3.8, 4) is 0 Å². The quantitative estimate of drug-likeness (QED) is 0.651. The first-order valence-corrected chi connectivity index (χ1v) is 12.1. The highest BCUT2D eigenvalue weighted by atomic mass is 16.2. The van der Waals surface area contributed by atoms with Gasteiger partial charge in [0.15, 0.2) is 0 Å². The topological polar surface area (TPSA) is 49.3 Å². The van der Waals surface area contributed by atoms with Gasteiger partial charge in [0, 0.05) is 24.7 Å². The van der Waals surface area contributed by atoms with Crippen molar-refractivity contribution < 1.29 is 4.79 Å². The Morgan fingerprint density at radius 1 is 1.03 bits per heavy atom. The Hall–Kier alpha value is -2.27. The first-order valence-electron chi connectivity index (χ1n) is 12.1. The number of hydrogen-bond acceptors (Lipinski definition) is 4. The minimum absolute atomic E-state index is 0.164. The fraction of sp³-hybridized carbons (Fsp3) is 0.577. The van der Waals surface area contributed by atoms with E-state index in [1.807, 2.05) is 32.0 Å². The average molecular weight is 417 g/mol. The van der Waals surface area contributed by atoms with Crippen LogP contribution in [0.5, 0.6) is 0 Å². The smallest absolute Gasteiger partial charge is 0.254 e. The predicted octanol–water partition coefficient (Wildman–Crippen LogP) is 4.28. The molecule has 3 saturated heterocycles. The number of aromatic nitrogens is 2. The zero-order chi connectivity index (χ0) is 21.1. The number of carbonyl (C=O) groups excluding carboxylic acids is 1. The molecule has 2 bridgehead atoms. The van der Waals surface area contributed by atoms with Crippen LogP contribution in [-0.2, 0) is 0 Å². The second-order valence-electron chi connectivity index (χ2n) is 10.1. The summed E-state index contributed by atoms with van der Waals surface area (Å²) in [7, 11) is 0. The monoisotopic (exact) mass is 416 g/mol. The SMILES string of the molecule is Cc1nc2ccc(C(=O)N3CCCC4=C[C@H]5C[C@@H](CN6CCCC[C@H]56)[C@@H]43)cc2nc1C. The van der Waals surface area contributed by atoms with Crippen LogP contribution in [0.1, 0.15) is 60.3 Å². The number of benzene rings is 1. The van der Waals surface area contributed by atoms with Gasteiger partial charge in [0.25, 0.3) is 5.91 Å². The van der Waals surface area contributed by atoms with Gasteiger partial charge in [-0.25, -0.2) is 9.97 Å². The zero-order valence-electron chi connectivity index (χ0n) is 18.7. The minimum Gasteiger partial charge on any atom is -0.332 e. The number of hydrogen-bond donors (Lipinski definition) is 0. The Labute approximate surface area is 184 Å². The number of aryl methyl sites for hydroxylation is 2. The van der Waals surface area contributed by atoms with Crippen LogP contribution in [0.15, 0.2) is 29.8 Å². The van der Waals surface area contributed by atoms with Gasteiger partial charge in [0.1, 0.15) is 0 Å². The van der Waals surface area contributed by atoms with Crippen LogP contribution in [0.25, 0.3) is 11.0 Å². The van der Waals surface area contributed by atoms with E-state index in [2.05, 4.69) is 25.8 Å². The number of nitrogens with zero attached hydrogens (tertiary/aromatic N) is 4. The summed E-state index contributed by atoms with van der Waals surface area (Å²) >= 11 is 0. The lowest BCUT2D eigenvalue weighted by Crippen LogP contribution is -2.60. The molecule has 0 N–H and O–H groups in total. The number of piperidine rings is 3. The highest BCUT2D eigenvalue weighted by Gasteiger charge is 2.47. The molecule has 0 radical (unpaired) electrons. The molecule has 0 unspecified atom stereocenters. The van der Waals surface area contributed by atoms with Crippen molar-refractivity contribution in [1.29, 1.82) is 0 Å². The van der Waals surface area contributed by atoms with E-state index < -0.39 is 0 Å². The molecule has 5 nitrogen and oxygen atoms in total. The third kappa shape index (κ3) is 3.20. The minimum atomic E-state index is 0.164. The van der Waals surface area contributed by atoms with Crippen LogP contribution in [0, 0.1) is 25.7 Å². The van der Waals surface area contributed by atoms with Gasteiger partial charge in [0.2, 0.25) is 0 Å². The lowest BCUT2D eigenvalue weighted by molar-refractivity contribution is 0.00148. The maximum atomic E-state index is 13.7. The zero-order valence-corrected chi connectivity index (χ0v) is 18.7. The van der Waals surface area contributed by atoms with Gasteiger partial charge in [-0.15, -0.1) is 0 Å². The van der Waals surface area contributed by atoms with Crippen molar-refractivity contribution in [2.45, 2.75) is 64.5 Å². The molecular formula is C26H32N4O. The molecule has 1 aromatic carbocycles. The van der Waals surface area contributed by atoms with Gasteiger partial charge in [0.05, 0.1) is 28.5 Å². The van der Waals surface area contributed by atoms with E-state index >= 15 is 0 Å². The Morgan fingerprint density at radius 3 is 2.74 bits per heavy atom. The van der Waals surface area contributed by atoms with Crippen molar-refractivity contribution in [3.05, 3.63) is 46.8 Å². The van der Waals surface area contributed by atoms with Gasteiger partial charge in [-0.2, -0.15) is 0 Å². The molecule has 0 spiro atoms. The Balaban J connectivity index is 1.33. The van der Waals surface area contributed by atoms with Gasteiger partial charge in [-0.3, -0.25) is 9.69 Å². The molecule has 1 amide bonds. The van der Waals surface area contributed by atoms with Crippen LogP contribution >= 0.6 is 0 Å². The van der Waals surface area contributed by atoms with Crippen LogP contribution in [0.3, 0.4) is 0 Å². The standard InChI is InChI=1S/C26H32N4O/c1-16-17(2)28-23-14-19(8-9-22(23)27-16)26(31)30-11-5-6-18-12-20-13-21(25(18)30)15-29-10-4-3-7-24(20)29/h8-9,12,14,20-21,24-25H,3-7,10-11,13,15H2,1-2H3/t20-,21-,24+,25+/m0/s1. The summed E-state index contributed by atoms with van der Waals surface area (Å²) in [6.07, 6.45) is 10.1. The molecule has 0 saturated carbocycles. The second-order valence-corrected chi connectivity index (χ2v) is 10.1. The average Bonchev–Trinajstić information content (AvgIpc) is 2.79. The fourth-order valence-corrected chi connectivity index (χ4v) is 6.73. The van der Waals surface area contributed by atoms with Crippen molar-refractivity contribution >= 4 is 16.9 Å². The van der Waals surface area contributed by atoms with E-state index in [0.717, 1.165) is 60.0 Å². The Bertz CT molecular complexity index is 1080. The predicted molar refractivity (Wildman–Crippen MR) is 122 cm³/mol. The molecule has 3 fully saturated rings. The number of rotatable bonds is 1. The molecule has 6 rings (SSSR count). The summed E-state index contributed by atoms with van der Waals surface area (Å²) in [5.41, 5.74) is 5.85. The highest BCUT2D eigenvalue weighted by Crippen LogP contribution is 2.45. The Kier molecular flexibility index (Phi) is 4.64. The van der Waals surface area contributed by atoms with Crippen molar-refractivity contribution in [3.63, 3.8) is 0 Å². The van der Waals surface area contributed by atoms with Crippen molar-refractivity contribution in [2.75, 3.05) is 19.6 Å². The lowest BCUT2D eigenvalue weighted by atomic mass is 9.68. The van der Waals surface area contributed by atoms with Gasteiger partial charge in [-0.1, -0.05) is 18.1 Å². The van der Waals surface area contributed by atoms with E-state index in [0.29, 0.717) is 11.8 Å². The summed E-state index contributed by atoms with van der Waals surface area (Å²) in [4.78, 5) is 28.0. The third-order valence-corrected chi connectivity index (χ3v) is 8.24. The van der Waals surface area contributed by atoms with Gasteiger partial charge in [-0.05, 0) is 82.5 Å². The summed E-state index contributed by atoms with van der Waals surface area (Å²) in [5, 5.41) is 0. The fourth-order valence-electron chi connectivity index (χ4n) is 6.73. The molecule has 4 atom stereocenters. The molecule has 5 heteroatoms. The summed E-state index contributed by atoms with van der Waals surface area (Å²) in [6, 6.07) is 6.87. The largest absolute Gasteiger partial charge is 0.332 e. The van der Waals surface area contributed by atoms with Gasteiger partial charge < -0.3 is 4.90 Å². The van der Waals surface area contributed by atoms with Crippen molar-refractivity contribution in [2.24, 2.45) is 11.8 Å². The molecule has 3 aliphatic heterocycles. The molecule has 4 heterocycles. The molecular weight excluding hydrogens is 384 g/mol. The summed E-state index contributed by atoms with van der Waals surface area (Å²) in [6.45, 7) is 7.23. The van der Waals surface area contributed by atoms with Crippen LogP contribution in [0.2, 0.25) is 0 Å².